The number of rotatable bonds is 9. The van der Waals surface area contributed by atoms with E-state index in [1.165, 1.54) is 22.7 Å². The summed E-state index contributed by atoms with van der Waals surface area (Å²) in [5.41, 5.74) is 2.12. The summed E-state index contributed by atoms with van der Waals surface area (Å²) in [4.78, 5) is 41.5. The summed E-state index contributed by atoms with van der Waals surface area (Å²) in [6.45, 7) is 5.93. The van der Waals surface area contributed by atoms with Crippen molar-refractivity contribution < 1.29 is 28.3 Å². The van der Waals surface area contributed by atoms with Crippen LogP contribution < -0.4 is 10.6 Å². The SMILES string of the molecule is Cc1ccccc1CNC(=O)[C@H]1N(C(=O)[C@@H](O)[C@H](Cc2ccccc2)NC(=O)c2cccc(F)c2F)CSC1(C)C. The predicted octanol–water partition coefficient (Wildman–Crippen LogP) is 3.97. The minimum atomic E-state index is -1.77. The van der Waals surface area contributed by atoms with Crippen molar-refractivity contribution >= 4 is 29.5 Å². The van der Waals surface area contributed by atoms with E-state index in [2.05, 4.69) is 10.6 Å². The Morgan fingerprint density at radius 1 is 1.02 bits per heavy atom. The zero-order valence-electron chi connectivity index (χ0n) is 23.1. The van der Waals surface area contributed by atoms with Crippen molar-refractivity contribution in [1.82, 2.24) is 15.5 Å². The number of hydrogen-bond donors (Lipinski definition) is 3. The van der Waals surface area contributed by atoms with Crippen LogP contribution in [0.15, 0.2) is 72.8 Å². The second-order valence-electron chi connectivity index (χ2n) is 10.5. The van der Waals surface area contributed by atoms with Gasteiger partial charge in [-0.2, -0.15) is 0 Å². The lowest BCUT2D eigenvalue weighted by Crippen LogP contribution is -2.58. The molecule has 0 spiro atoms. The minimum absolute atomic E-state index is 0.0327. The molecular formula is C31H33F2N3O4S. The average Bonchev–Trinajstić information content (AvgIpc) is 3.28. The molecule has 0 unspecified atom stereocenters. The molecule has 1 aliphatic rings. The van der Waals surface area contributed by atoms with Gasteiger partial charge in [0, 0.05) is 11.3 Å². The third-order valence-electron chi connectivity index (χ3n) is 7.24. The van der Waals surface area contributed by atoms with Crippen LogP contribution in [-0.4, -0.2) is 56.5 Å². The van der Waals surface area contributed by atoms with Crippen LogP contribution in [-0.2, 0) is 22.6 Å². The number of carbonyl (C=O) groups excluding carboxylic acids is 3. The van der Waals surface area contributed by atoms with E-state index < -0.39 is 51.9 Å². The monoisotopic (exact) mass is 581 g/mol. The number of halogens is 2. The zero-order chi connectivity index (χ0) is 29.7. The topological polar surface area (TPSA) is 98.7 Å². The maximum absolute atomic E-state index is 14.4. The van der Waals surface area contributed by atoms with E-state index in [9.17, 15) is 28.3 Å². The molecule has 7 nitrogen and oxygen atoms in total. The maximum atomic E-state index is 14.4. The van der Waals surface area contributed by atoms with Crippen LogP contribution in [0.25, 0.3) is 0 Å². The third kappa shape index (κ3) is 6.94. The Labute approximate surface area is 242 Å². The van der Waals surface area contributed by atoms with Gasteiger partial charge in [0.15, 0.2) is 17.7 Å². The second kappa shape index (κ2) is 12.8. The Morgan fingerprint density at radius 2 is 1.71 bits per heavy atom. The van der Waals surface area contributed by atoms with Gasteiger partial charge in [-0.3, -0.25) is 14.4 Å². The first-order valence-electron chi connectivity index (χ1n) is 13.2. The number of aliphatic hydroxyl groups is 1. The van der Waals surface area contributed by atoms with E-state index in [0.717, 1.165) is 23.3 Å². The Balaban J connectivity index is 1.56. The van der Waals surface area contributed by atoms with Gasteiger partial charge < -0.3 is 20.6 Å². The third-order valence-corrected chi connectivity index (χ3v) is 8.61. The van der Waals surface area contributed by atoms with Gasteiger partial charge >= 0.3 is 0 Å². The number of hydrogen-bond acceptors (Lipinski definition) is 5. The van der Waals surface area contributed by atoms with E-state index >= 15 is 0 Å². The molecule has 3 atom stereocenters. The highest BCUT2D eigenvalue weighted by Crippen LogP contribution is 2.40. The van der Waals surface area contributed by atoms with Crippen LogP contribution in [0.5, 0.6) is 0 Å². The van der Waals surface area contributed by atoms with Crippen molar-refractivity contribution in [3.63, 3.8) is 0 Å². The summed E-state index contributed by atoms with van der Waals surface area (Å²) in [5, 5.41) is 16.8. The summed E-state index contributed by atoms with van der Waals surface area (Å²) in [7, 11) is 0. The number of nitrogens with zero attached hydrogens (tertiary/aromatic N) is 1. The smallest absolute Gasteiger partial charge is 0.254 e. The summed E-state index contributed by atoms with van der Waals surface area (Å²) >= 11 is 1.40. The molecule has 0 aliphatic carbocycles. The van der Waals surface area contributed by atoms with Crippen LogP contribution in [0.3, 0.4) is 0 Å². The highest BCUT2D eigenvalue weighted by atomic mass is 32.2. The Kier molecular flexibility index (Phi) is 9.45. The molecular weight excluding hydrogens is 548 g/mol. The van der Waals surface area contributed by atoms with Crippen LogP contribution in [0.2, 0.25) is 0 Å². The largest absolute Gasteiger partial charge is 0.381 e. The van der Waals surface area contributed by atoms with Gasteiger partial charge in [-0.25, -0.2) is 8.78 Å². The number of aryl methyl sites for hydroxylation is 1. The number of nitrogens with one attached hydrogen (secondary N) is 2. The molecule has 10 heteroatoms. The lowest BCUT2D eigenvalue weighted by atomic mass is 9.96. The van der Waals surface area contributed by atoms with Gasteiger partial charge in [0.1, 0.15) is 6.04 Å². The molecule has 41 heavy (non-hydrogen) atoms. The van der Waals surface area contributed by atoms with Gasteiger partial charge in [-0.05, 0) is 56.0 Å². The summed E-state index contributed by atoms with van der Waals surface area (Å²) in [5.74, 6) is -4.46. The Bertz CT molecular complexity index is 1420. The number of aliphatic hydroxyl groups excluding tert-OH is 1. The molecule has 216 valence electrons. The fourth-order valence-electron chi connectivity index (χ4n) is 4.88. The van der Waals surface area contributed by atoms with E-state index in [0.29, 0.717) is 5.56 Å². The minimum Gasteiger partial charge on any atom is -0.381 e. The number of carbonyl (C=O) groups is 3. The van der Waals surface area contributed by atoms with Gasteiger partial charge in [-0.1, -0.05) is 60.7 Å². The zero-order valence-corrected chi connectivity index (χ0v) is 23.9. The molecule has 3 N–H and O–H groups in total. The molecule has 0 radical (unpaired) electrons. The molecule has 4 rings (SSSR count). The molecule has 0 saturated carbocycles. The standard InChI is InChI=1S/C31H33F2N3O4S/c1-19-10-7-8-13-21(19)17-34-29(39)27-31(2,3)41-18-36(27)30(40)26(37)24(16-20-11-5-4-6-12-20)35-28(38)22-14-9-15-23(32)25(22)33/h4-15,24,26-27,37H,16-18H2,1-3H3,(H,34,39)(H,35,38)/t24-,26-,27+/m0/s1. The van der Waals surface area contributed by atoms with E-state index in [4.69, 9.17) is 0 Å². The van der Waals surface area contributed by atoms with E-state index in [1.807, 2.05) is 45.0 Å². The maximum Gasteiger partial charge on any atom is 0.254 e. The van der Waals surface area contributed by atoms with Crippen LogP contribution >= 0.6 is 11.8 Å². The van der Waals surface area contributed by atoms with Crippen molar-refractivity contribution in [2.75, 3.05) is 5.88 Å². The van der Waals surface area contributed by atoms with Gasteiger partial charge in [0.25, 0.3) is 11.8 Å². The summed E-state index contributed by atoms with van der Waals surface area (Å²) in [6.07, 6.45) is -1.73. The van der Waals surface area contributed by atoms with Gasteiger partial charge in [-0.15, -0.1) is 11.8 Å². The summed E-state index contributed by atoms with van der Waals surface area (Å²) < 4.78 is 27.5. The van der Waals surface area contributed by atoms with Gasteiger partial charge in [0.2, 0.25) is 5.91 Å². The molecule has 3 amide bonds. The first-order valence-corrected chi connectivity index (χ1v) is 14.2. The first kappa shape index (κ1) is 30.2. The normalized spacial score (nSPS) is 17.5. The molecule has 1 saturated heterocycles. The quantitative estimate of drug-likeness (QED) is 0.355. The first-order chi connectivity index (χ1) is 19.5. The van der Waals surface area contributed by atoms with Crippen LogP contribution in [0, 0.1) is 18.6 Å². The highest BCUT2D eigenvalue weighted by Gasteiger charge is 2.49. The van der Waals surface area contributed by atoms with Crippen LogP contribution in [0.4, 0.5) is 8.78 Å². The molecule has 3 aromatic carbocycles. The summed E-state index contributed by atoms with van der Waals surface area (Å²) in [6, 6.07) is 17.6. The number of benzene rings is 3. The Hall–Kier alpha value is -3.76. The fourth-order valence-corrected chi connectivity index (χ4v) is 6.02. The van der Waals surface area contributed by atoms with Crippen molar-refractivity contribution in [2.45, 2.75) is 56.7 Å². The second-order valence-corrected chi connectivity index (χ2v) is 12.1. The molecule has 1 fully saturated rings. The van der Waals surface area contributed by atoms with Crippen molar-refractivity contribution in [3.05, 3.63) is 107 Å². The Morgan fingerprint density at radius 3 is 2.41 bits per heavy atom. The highest BCUT2D eigenvalue weighted by molar-refractivity contribution is 8.00. The lowest BCUT2D eigenvalue weighted by molar-refractivity contribution is -0.147. The average molecular weight is 582 g/mol. The molecule has 1 heterocycles. The molecule has 0 aromatic heterocycles. The molecule has 3 aromatic rings. The van der Waals surface area contributed by atoms with Gasteiger partial charge in [0.05, 0.1) is 17.5 Å². The van der Waals surface area contributed by atoms with Crippen LogP contribution in [0.1, 0.15) is 40.9 Å². The van der Waals surface area contributed by atoms with Crippen molar-refractivity contribution in [2.24, 2.45) is 0 Å². The van der Waals surface area contributed by atoms with E-state index in [-0.39, 0.29) is 24.7 Å². The van der Waals surface area contributed by atoms with E-state index in [1.54, 1.807) is 30.3 Å². The predicted molar refractivity (Wildman–Crippen MR) is 154 cm³/mol. The molecule has 1 aliphatic heterocycles. The lowest BCUT2D eigenvalue weighted by Gasteiger charge is -2.33. The number of amides is 3. The fraction of sp³-hybridized carbons (Fsp3) is 0.323. The van der Waals surface area contributed by atoms with Crippen molar-refractivity contribution in [1.29, 1.82) is 0 Å². The number of thioether (sulfide) groups is 1. The molecule has 0 bridgehead atoms. The van der Waals surface area contributed by atoms with Crippen molar-refractivity contribution in [3.8, 4) is 0 Å².